The van der Waals surface area contributed by atoms with Crippen molar-refractivity contribution in [3.8, 4) is 0 Å². The number of aryl methyl sites for hydroxylation is 1. The highest BCUT2D eigenvalue weighted by Crippen LogP contribution is 2.47. The van der Waals surface area contributed by atoms with E-state index in [0.717, 1.165) is 43.2 Å². The molecule has 1 spiro atoms. The van der Waals surface area contributed by atoms with E-state index in [9.17, 15) is 8.42 Å². The van der Waals surface area contributed by atoms with Gasteiger partial charge in [0.2, 0.25) is 10.0 Å². The summed E-state index contributed by atoms with van der Waals surface area (Å²) in [7, 11) is -3.41. The average molecular weight is 291 g/mol. The van der Waals surface area contributed by atoms with Crippen LogP contribution < -0.4 is 0 Å². The van der Waals surface area contributed by atoms with Crippen molar-refractivity contribution in [3.05, 3.63) is 42.0 Å². The fourth-order valence-corrected chi connectivity index (χ4v) is 5.12. The zero-order valence-electron chi connectivity index (χ0n) is 11.9. The van der Waals surface area contributed by atoms with Gasteiger partial charge < -0.3 is 0 Å². The molecule has 0 atom stereocenters. The molecule has 2 aliphatic rings. The lowest BCUT2D eigenvalue weighted by Gasteiger charge is -2.52. The van der Waals surface area contributed by atoms with Gasteiger partial charge in [-0.05, 0) is 51.2 Å². The molecule has 1 aliphatic heterocycles. The Morgan fingerprint density at radius 2 is 1.80 bits per heavy atom. The summed E-state index contributed by atoms with van der Waals surface area (Å²) in [6, 6.07) is 7.15. The van der Waals surface area contributed by atoms with E-state index in [4.69, 9.17) is 0 Å². The minimum absolute atomic E-state index is 0.134. The van der Waals surface area contributed by atoms with E-state index in [-0.39, 0.29) is 5.54 Å². The molecule has 0 aromatic heterocycles. The van der Waals surface area contributed by atoms with Crippen LogP contribution in [0.5, 0.6) is 0 Å². The molecule has 0 radical (unpaired) electrons. The molecule has 2 fully saturated rings. The van der Waals surface area contributed by atoms with E-state index in [1.807, 2.05) is 19.1 Å². The van der Waals surface area contributed by atoms with Crippen molar-refractivity contribution >= 4 is 10.0 Å². The first-order valence-electron chi connectivity index (χ1n) is 7.20. The molecule has 1 saturated heterocycles. The quantitative estimate of drug-likeness (QED) is 0.784. The molecular weight excluding hydrogens is 270 g/mol. The summed E-state index contributed by atoms with van der Waals surface area (Å²) < 4.78 is 27.6. The summed E-state index contributed by atoms with van der Waals surface area (Å²) in [4.78, 5) is 0.407. The van der Waals surface area contributed by atoms with Crippen molar-refractivity contribution in [3.63, 3.8) is 0 Å². The molecule has 0 unspecified atom stereocenters. The number of sulfonamides is 1. The molecule has 3 nitrogen and oxygen atoms in total. The summed E-state index contributed by atoms with van der Waals surface area (Å²) in [5.41, 5.74) is 1.97. The van der Waals surface area contributed by atoms with Gasteiger partial charge in [0.15, 0.2) is 0 Å². The van der Waals surface area contributed by atoms with Crippen molar-refractivity contribution in [1.29, 1.82) is 0 Å². The van der Waals surface area contributed by atoms with Gasteiger partial charge >= 0.3 is 0 Å². The Balaban J connectivity index is 2.00. The Kier molecular flexibility index (Phi) is 3.26. The van der Waals surface area contributed by atoms with Gasteiger partial charge in [-0.25, -0.2) is 8.42 Å². The molecule has 1 aromatic rings. The first-order chi connectivity index (χ1) is 9.44. The lowest BCUT2D eigenvalue weighted by molar-refractivity contribution is 0.0679. The second-order valence-electron chi connectivity index (χ2n) is 6.15. The zero-order chi connectivity index (χ0) is 14.4. The maximum absolute atomic E-state index is 12.9. The summed E-state index contributed by atoms with van der Waals surface area (Å²) >= 11 is 0. The maximum Gasteiger partial charge on any atom is 0.243 e. The topological polar surface area (TPSA) is 37.4 Å². The summed E-state index contributed by atoms with van der Waals surface area (Å²) in [5.74, 6) is 0. The lowest BCUT2D eigenvalue weighted by Crippen LogP contribution is -2.58. The van der Waals surface area contributed by atoms with E-state index in [0.29, 0.717) is 11.4 Å². The smallest absolute Gasteiger partial charge is 0.207 e. The molecule has 0 amide bonds. The first-order valence-corrected chi connectivity index (χ1v) is 8.64. The van der Waals surface area contributed by atoms with Crippen LogP contribution in [0.1, 0.15) is 37.7 Å². The standard InChI is InChI=1S/C16H21NO2S/c1-13-4-6-15(7-5-13)20(18,19)17-12-14(2)8-11-16(17)9-3-10-16/h4-7H,2-3,8-12H2,1H3. The normalized spacial score (nSPS) is 22.8. The van der Waals surface area contributed by atoms with Gasteiger partial charge in [-0.15, -0.1) is 0 Å². The summed E-state index contributed by atoms with van der Waals surface area (Å²) in [6.07, 6.45) is 5.00. The van der Waals surface area contributed by atoms with Gasteiger partial charge in [0, 0.05) is 12.1 Å². The highest BCUT2D eigenvalue weighted by Gasteiger charge is 2.49. The number of hydrogen-bond acceptors (Lipinski definition) is 2. The number of piperidine rings is 1. The van der Waals surface area contributed by atoms with Gasteiger partial charge in [0.25, 0.3) is 0 Å². The predicted molar refractivity (Wildman–Crippen MR) is 80.0 cm³/mol. The fourth-order valence-electron chi connectivity index (χ4n) is 3.25. The van der Waals surface area contributed by atoms with Gasteiger partial charge in [-0.3, -0.25) is 0 Å². The number of nitrogens with zero attached hydrogens (tertiary/aromatic N) is 1. The van der Waals surface area contributed by atoms with Crippen molar-refractivity contribution in [2.75, 3.05) is 6.54 Å². The predicted octanol–water partition coefficient (Wildman–Crippen LogP) is 3.26. The van der Waals surface area contributed by atoms with Gasteiger partial charge in [-0.2, -0.15) is 4.31 Å². The van der Waals surface area contributed by atoms with E-state index in [1.54, 1.807) is 16.4 Å². The lowest BCUT2D eigenvalue weighted by atomic mass is 9.71. The number of benzene rings is 1. The molecule has 3 rings (SSSR count). The molecule has 1 saturated carbocycles. The van der Waals surface area contributed by atoms with Crippen molar-refractivity contribution in [1.82, 2.24) is 4.31 Å². The van der Waals surface area contributed by atoms with Crippen LogP contribution in [0.15, 0.2) is 41.3 Å². The summed E-state index contributed by atoms with van der Waals surface area (Å²) in [6.45, 7) is 6.45. The third kappa shape index (κ3) is 2.11. The minimum Gasteiger partial charge on any atom is -0.207 e. The molecule has 20 heavy (non-hydrogen) atoms. The second-order valence-corrected chi connectivity index (χ2v) is 8.01. The highest BCUT2D eigenvalue weighted by molar-refractivity contribution is 7.89. The Morgan fingerprint density at radius 1 is 1.15 bits per heavy atom. The van der Waals surface area contributed by atoms with Crippen LogP contribution in [0.25, 0.3) is 0 Å². The third-order valence-electron chi connectivity index (χ3n) is 4.73. The largest absolute Gasteiger partial charge is 0.243 e. The van der Waals surface area contributed by atoms with Crippen molar-refractivity contribution < 1.29 is 8.42 Å². The Labute approximate surface area is 121 Å². The molecule has 1 aromatic carbocycles. The van der Waals surface area contributed by atoms with Crippen LogP contribution in [-0.2, 0) is 10.0 Å². The fraction of sp³-hybridized carbons (Fsp3) is 0.500. The van der Waals surface area contributed by atoms with Crippen molar-refractivity contribution in [2.24, 2.45) is 0 Å². The van der Waals surface area contributed by atoms with Crippen LogP contribution in [-0.4, -0.2) is 24.8 Å². The van der Waals surface area contributed by atoms with Crippen molar-refractivity contribution in [2.45, 2.75) is 49.5 Å². The zero-order valence-corrected chi connectivity index (χ0v) is 12.7. The van der Waals surface area contributed by atoms with E-state index in [1.165, 1.54) is 0 Å². The maximum atomic E-state index is 12.9. The molecule has 0 bridgehead atoms. The molecule has 1 aliphatic carbocycles. The van der Waals surface area contributed by atoms with Crippen LogP contribution in [0, 0.1) is 6.92 Å². The van der Waals surface area contributed by atoms with E-state index < -0.39 is 10.0 Å². The molecule has 108 valence electrons. The average Bonchev–Trinajstić information content (AvgIpc) is 2.37. The molecule has 4 heteroatoms. The van der Waals surface area contributed by atoms with Gasteiger partial charge in [0.05, 0.1) is 4.90 Å². The monoisotopic (exact) mass is 291 g/mol. The van der Waals surface area contributed by atoms with Crippen LogP contribution in [0.3, 0.4) is 0 Å². The molecule has 0 N–H and O–H groups in total. The number of rotatable bonds is 2. The third-order valence-corrected chi connectivity index (χ3v) is 6.70. The van der Waals surface area contributed by atoms with E-state index in [2.05, 4.69) is 6.58 Å². The Morgan fingerprint density at radius 3 is 2.35 bits per heavy atom. The van der Waals surface area contributed by atoms with Crippen LogP contribution >= 0.6 is 0 Å². The Hall–Kier alpha value is -1.13. The summed E-state index contributed by atoms with van der Waals surface area (Å²) in [5, 5.41) is 0. The van der Waals surface area contributed by atoms with E-state index >= 15 is 0 Å². The second kappa shape index (κ2) is 4.71. The minimum atomic E-state index is -3.41. The van der Waals surface area contributed by atoms with Crippen LogP contribution in [0.2, 0.25) is 0 Å². The highest BCUT2D eigenvalue weighted by atomic mass is 32.2. The molecule has 1 heterocycles. The van der Waals surface area contributed by atoms with Crippen LogP contribution in [0.4, 0.5) is 0 Å². The number of hydrogen-bond donors (Lipinski definition) is 0. The van der Waals surface area contributed by atoms with Gasteiger partial charge in [0.1, 0.15) is 0 Å². The van der Waals surface area contributed by atoms with Gasteiger partial charge in [-0.1, -0.05) is 29.8 Å². The SMILES string of the molecule is C=C1CCC2(CCC2)N(S(=O)(=O)c2ccc(C)cc2)C1. The Bertz CT molecular complexity index is 627. The molecular formula is C16H21NO2S. The first kappa shape index (κ1) is 13.8.